The van der Waals surface area contributed by atoms with Gasteiger partial charge < -0.3 is 14.8 Å². The highest BCUT2D eigenvalue weighted by Gasteiger charge is 2.03. The van der Waals surface area contributed by atoms with Crippen LogP contribution in [-0.2, 0) is 4.79 Å². The molecule has 0 saturated heterocycles. The molecule has 4 heteroatoms. The second-order valence-corrected chi connectivity index (χ2v) is 4.66. The van der Waals surface area contributed by atoms with E-state index in [0.29, 0.717) is 22.7 Å². The number of carbonyl (C=O) groups excluding carboxylic acids is 1. The number of nitrogens with one attached hydrogen (secondary N) is 1. The van der Waals surface area contributed by atoms with E-state index in [1.807, 2.05) is 0 Å². The molecule has 2 aromatic rings. The Labute approximate surface area is 135 Å². The number of benzene rings is 2. The number of anilines is 1. The van der Waals surface area contributed by atoms with Gasteiger partial charge >= 0.3 is 0 Å². The van der Waals surface area contributed by atoms with Gasteiger partial charge in [0.25, 0.3) is 0 Å². The van der Waals surface area contributed by atoms with Gasteiger partial charge in [-0.15, -0.1) is 6.42 Å². The average Bonchev–Trinajstić information content (AvgIpc) is 2.59. The minimum absolute atomic E-state index is 0.260. The van der Waals surface area contributed by atoms with Crippen LogP contribution in [0, 0.1) is 12.3 Å². The van der Waals surface area contributed by atoms with Crippen LogP contribution in [0.5, 0.6) is 11.5 Å². The van der Waals surface area contributed by atoms with Crippen molar-refractivity contribution in [1.82, 2.24) is 0 Å². The van der Waals surface area contributed by atoms with E-state index in [1.165, 1.54) is 6.08 Å². The summed E-state index contributed by atoms with van der Waals surface area (Å²) in [7, 11) is 3.16. The van der Waals surface area contributed by atoms with Crippen LogP contribution in [0.25, 0.3) is 6.08 Å². The molecule has 0 saturated carbocycles. The van der Waals surface area contributed by atoms with Crippen molar-refractivity contribution >= 4 is 17.7 Å². The van der Waals surface area contributed by atoms with E-state index >= 15 is 0 Å². The van der Waals surface area contributed by atoms with Gasteiger partial charge in [-0.1, -0.05) is 12.0 Å². The monoisotopic (exact) mass is 307 g/mol. The number of hydrogen-bond acceptors (Lipinski definition) is 3. The van der Waals surface area contributed by atoms with E-state index in [9.17, 15) is 4.79 Å². The van der Waals surface area contributed by atoms with Crippen molar-refractivity contribution in [3.8, 4) is 23.8 Å². The molecule has 0 spiro atoms. The topological polar surface area (TPSA) is 47.6 Å². The van der Waals surface area contributed by atoms with Crippen LogP contribution in [-0.4, -0.2) is 20.1 Å². The molecule has 1 amide bonds. The lowest BCUT2D eigenvalue weighted by Crippen LogP contribution is -2.07. The predicted molar refractivity (Wildman–Crippen MR) is 91.6 cm³/mol. The lowest BCUT2D eigenvalue weighted by atomic mass is 10.1. The summed E-state index contributed by atoms with van der Waals surface area (Å²) in [6.45, 7) is 0. The molecule has 0 aromatic heterocycles. The number of terminal acetylenes is 1. The van der Waals surface area contributed by atoms with Gasteiger partial charge in [0.15, 0.2) is 0 Å². The minimum Gasteiger partial charge on any atom is -0.497 e. The molecule has 0 aliphatic rings. The lowest BCUT2D eigenvalue weighted by molar-refractivity contribution is -0.111. The highest BCUT2D eigenvalue weighted by Crippen LogP contribution is 2.25. The van der Waals surface area contributed by atoms with Crippen LogP contribution < -0.4 is 14.8 Å². The van der Waals surface area contributed by atoms with Gasteiger partial charge in [-0.3, -0.25) is 4.79 Å². The molecular weight excluding hydrogens is 290 g/mol. The largest absolute Gasteiger partial charge is 0.497 e. The fourth-order valence-corrected chi connectivity index (χ4v) is 2.01. The van der Waals surface area contributed by atoms with Crippen LogP contribution in [0.15, 0.2) is 48.5 Å². The smallest absolute Gasteiger partial charge is 0.248 e. The zero-order valence-electron chi connectivity index (χ0n) is 13.0. The molecule has 1 N–H and O–H groups in total. The third kappa shape index (κ3) is 4.39. The van der Waals surface area contributed by atoms with Gasteiger partial charge in [0.1, 0.15) is 11.5 Å². The van der Waals surface area contributed by atoms with E-state index in [0.717, 1.165) is 5.56 Å². The normalized spacial score (nSPS) is 10.1. The molecule has 0 heterocycles. The summed E-state index contributed by atoms with van der Waals surface area (Å²) < 4.78 is 10.4. The number of rotatable bonds is 5. The van der Waals surface area contributed by atoms with Crippen molar-refractivity contribution in [2.45, 2.75) is 0 Å². The van der Waals surface area contributed by atoms with E-state index in [2.05, 4.69) is 11.2 Å². The molecule has 2 aromatic carbocycles. The molecule has 23 heavy (non-hydrogen) atoms. The third-order valence-electron chi connectivity index (χ3n) is 3.15. The third-order valence-corrected chi connectivity index (χ3v) is 3.15. The maximum Gasteiger partial charge on any atom is 0.248 e. The van der Waals surface area contributed by atoms with Crippen molar-refractivity contribution < 1.29 is 14.3 Å². The molecule has 2 rings (SSSR count). The Bertz CT molecular complexity index is 772. The van der Waals surface area contributed by atoms with Crippen LogP contribution in [0.4, 0.5) is 5.69 Å². The first kappa shape index (κ1) is 16.2. The Balaban J connectivity index is 2.13. The molecule has 0 atom stereocenters. The SMILES string of the molecule is C#Cc1cccc(NC(=O)C=Cc2cc(OC)ccc2OC)c1. The van der Waals surface area contributed by atoms with E-state index in [-0.39, 0.29) is 5.91 Å². The zero-order valence-corrected chi connectivity index (χ0v) is 13.0. The number of hydrogen-bond donors (Lipinski definition) is 1. The summed E-state index contributed by atoms with van der Waals surface area (Å²) in [5.41, 5.74) is 2.10. The van der Waals surface area contributed by atoms with E-state index in [1.54, 1.807) is 62.8 Å². The number of ether oxygens (including phenoxy) is 2. The molecule has 0 unspecified atom stereocenters. The van der Waals surface area contributed by atoms with Gasteiger partial charge in [0.05, 0.1) is 14.2 Å². The second-order valence-electron chi connectivity index (χ2n) is 4.66. The zero-order chi connectivity index (χ0) is 16.7. The van der Waals surface area contributed by atoms with Gasteiger partial charge in [-0.2, -0.15) is 0 Å². The highest BCUT2D eigenvalue weighted by molar-refractivity contribution is 6.02. The molecule has 116 valence electrons. The molecular formula is C19H17NO3. The van der Waals surface area contributed by atoms with Crippen molar-refractivity contribution in [3.63, 3.8) is 0 Å². The molecule has 0 radical (unpaired) electrons. The van der Waals surface area contributed by atoms with Crippen LogP contribution >= 0.6 is 0 Å². The molecule has 0 aliphatic heterocycles. The first-order valence-electron chi connectivity index (χ1n) is 6.94. The first-order valence-corrected chi connectivity index (χ1v) is 6.94. The molecule has 0 bridgehead atoms. The van der Waals surface area contributed by atoms with Gasteiger partial charge in [0.2, 0.25) is 5.91 Å². The molecule has 0 fully saturated rings. The fourth-order valence-electron chi connectivity index (χ4n) is 2.01. The highest BCUT2D eigenvalue weighted by atomic mass is 16.5. The Morgan fingerprint density at radius 2 is 2.00 bits per heavy atom. The summed E-state index contributed by atoms with van der Waals surface area (Å²) in [6, 6.07) is 12.5. The van der Waals surface area contributed by atoms with Crippen molar-refractivity contribution in [3.05, 3.63) is 59.7 Å². The lowest BCUT2D eigenvalue weighted by Gasteiger charge is -2.07. The molecule has 0 aliphatic carbocycles. The van der Waals surface area contributed by atoms with Crippen molar-refractivity contribution in [1.29, 1.82) is 0 Å². The Hall–Kier alpha value is -3.19. The number of amides is 1. The van der Waals surface area contributed by atoms with Crippen molar-refractivity contribution in [2.75, 3.05) is 19.5 Å². The fraction of sp³-hybridized carbons (Fsp3) is 0.105. The maximum absolute atomic E-state index is 12.0. The standard InChI is InChI=1S/C19H17NO3/c1-4-14-6-5-7-16(12-14)20-19(21)11-8-15-13-17(22-2)9-10-18(15)23-3/h1,5-13H,2-3H3,(H,20,21). The second kappa shape index (κ2) is 7.71. The Kier molecular flexibility index (Phi) is 5.43. The summed E-state index contributed by atoms with van der Waals surface area (Å²) in [5.74, 6) is 3.61. The van der Waals surface area contributed by atoms with Crippen LogP contribution in [0.3, 0.4) is 0 Å². The van der Waals surface area contributed by atoms with Crippen LogP contribution in [0.1, 0.15) is 11.1 Å². The van der Waals surface area contributed by atoms with Crippen molar-refractivity contribution in [2.24, 2.45) is 0 Å². The summed E-state index contributed by atoms with van der Waals surface area (Å²) in [6.07, 6.45) is 8.44. The number of carbonyl (C=O) groups is 1. The van der Waals surface area contributed by atoms with E-state index in [4.69, 9.17) is 15.9 Å². The Morgan fingerprint density at radius 3 is 2.70 bits per heavy atom. The van der Waals surface area contributed by atoms with E-state index < -0.39 is 0 Å². The molecule has 4 nitrogen and oxygen atoms in total. The minimum atomic E-state index is -0.260. The maximum atomic E-state index is 12.0. The van der Waals surface area contributed by atoms with Gasteiger partial charge in [0, 0.05) is 22.9 Å². The quantitative estimate of drug-likeness (QED) is 0.681. The summed E-state index contributed by atoms with van der Waals surface area (Å²) >= 11 is 0. The van der Waals surface area contributed by atoms with Crippen LogP contribution in [0.2, 0.25) is 0 Å². The average molecular weight is 307 g/mol. The van der Waals surface area contributed by atoms with Gasteiger partial charge in [-0.25, -0.2) is 0 Å². The van der Waals surface area contributed by atoms with Gasteiger partial charge in [-0.05, 0) is 42.5 Å². The summed E-state index contributed by atoms with van der Waals surface area (Å²) in [4.78, 5) is 12.0. The Morgan fingerprint density at radius 1 is 1.17 bits per heavy atom. The predicted octanol–water partition coefficient (Wildman–Crippen LogP) is 3.34. The first-order chi connectivity index (χ1) is 11.2. The number of methoxy groups -OCH3 is 2. The summed E-state index contributed by atoms with van der Waals surface area (Å²) in [5, 5.41) is 2.76.